The van der Waals surface area contributed by atoms with E-state index in [1.807, 2.05) is 31.2 Å². The standard InChI is InChI=1S/C16H16ClNO2S/c1-2-20-16(19)14-9-15-13(18-14)8-12(21-15)7-10-3-5-11(17)6-4-10/h3-6,8,14,18H,2,7,9H2,1H3. The number of halogens is 1. The van der Waals surface area contributed by atoms with Gasteiger partial charge in [0.25, 0.3) is 0 Å². The SMILES string of the molecule is CCOC(=O)C1Cc2sc(Cc3ccc(Cl)cc3)cc2N1. The van der Waals surface area contributed by atoms with Crippen molar-refractivity contribution >= 4 is 34.6 Å². The average Bonchev–Trinajstić information content (AvgIpc) is 3.00. The highest BCUT2D eigenvalue weighted by molar-refractivity contribution is 7.12. The van der Waals surface area contributed by atoms with Gasteiger partial charge < -0.3 is 10.1 Å². The number of hydrogen-bond acceptors (Lipinski definition) is 4. The van der Waals surface area contributed by atoms with E-state index in [1.165, 1.54) is 15.3 Å². The summed E-state index contributed by atoms with van der Waals surface area (Å²) in [5, 5.41) is 4.00. The fourth-order valence-electron chi connectivity index (χ4n) is 2.46. The highest BCUT2D eigenvalue weighted by atomic mass is 35.5. The molecule has 0 fully saturated rings. The van der Waals surface area contributed by atoms with Crippen LogP contribution in [0.3, 0.4) is 0 Å². The number of carbonyl (C=O) groups excluding carboxylic acids is 1. The molecule has 1 aliphatic rings. The summed E-state index contributed by atoms with van der Waals surface area (Å²) in [4.78, 5) is 14.2. The Bertz CT molecular complexity index is 627. The highest BCUT2D eigenvalue weighted by Gasteiger charge is 2.29. The third-order valence-electron chi connectivity index (χ3n) is 3.44. The number of esters is 1. The number of rotatable bonds is 4. The van der Waals surface area contributed by atoms with Crippen molar-refractivity contribution in [2.24, 2.45) is 0 Å². The lowest BCUT2D eigenvalue weighted by Gasteiger charge is -2.09. The predicted octanol–water partition coefficient (Wildman–Crippen LogP) is 3.89. The van der Waals surface area contributed by atoms with Gasteiger partial charge in [-0.2, -0.15) is 0 Å². The van der Waals surface area contributed by atoms with E-state index in [-0.39, 0.29) is 12.0 Å². The zero-order valence-electron chi connectivity index (χ0n) is 11.7. The maximum atomic E-state index is 11.7. The van der Waals surface area contributed by atoms with Crippen LogP contribution in [0.5, 0.6) is 0 Å². The molecule has 5 heteroatoms. The maximum absolute atomic E-state index is 11.7. The second kappa shape index (κ2) is 6.08. The van der Waals surface area contributed by atoms with Gasteiger partial charge in [-0.15, -0.1) is 11.3 Å². The number of nitrogens with one attached hydrogen (secondary N) is 1. The Kier molecular flexibility index (Phi) is 4.17. The Morgan fingerprint density at radius 3 is 2.86 bits per heavy atom. The molecule has 0 saturated carbocycles. The normalized spacial score (nSPS) is 16.4. The van der Waals surface area contributed by atoms with Gasteiger partial charge in [-0.25, -0.2) is 4.79 Å². The van der Waals surface area contributed by atoms with Gasteiger partial charge in [-0.1, -0.05) is 23.7 Å². The molecular weight excluding hydrogens is 306 g/mol. The minimum absolute atomic E-state index is 0.167. The van der Waals surface area contributed by atoms with E-state index in [1.54, 1.807) is 11.3 Å². The van der Waals surface area contributed by atoms with E-state index in [2.05, 4.69) is 11.4 Å². The third kappa shape index (κ3) is 3.22. The van der Waals surface area contributed by atoms with Gasteiger partial charge in [0, 0.05) is 33.3 Å². The summed E-state index contributed by atoms with van der Waals surface area (Å²) < 4.78 is 5.05. The predicted molar refractivity (Wildman–Crippen MR) is 86.3 cm³/mol. The molecule has 1 unspecified atom stereocenters. The number of hydrogen-bond donors (Lipinski definition) is 1. The Labute approximate surface area is 132 Å². The summed E-state index contributed by atoms with van der Waals surface area (Å²) in [6.45, 7) is 2.25. The molecule has 21 heavy (non-hydrogen) atoms. The van der Waals surface area contributed by atoms with Crippen LogP contribution >= 0.6 is 22.9 Å². The van der Waals surface area contributed by atoms with Crippen LogP contribution in [0, 0.1) is 0 Å². The summed E-state index contributed by atoms with van der Waals surface area (Å²) >= 11 is 7.65. The Hall–Kier alpha value is -1.52. The smallest absolute Gasteiger partial charge is 0.328 e. The lowest BCUT2D eigenvalue weighted by molar-refractivity contribution is -0.143. The average molecular weight is 322 g/mol. The van der Waals surface area contributed by atoms with Crippen LogP contribution in [0.15, 0.2) is 30.3 Å². The van der Waals surface area contributed by atoms with Crippen LogP contribution in [0.4, 0.5) is 5.69 Å². The topological polar surface area (TPSA) is 38.3 Å². The molecule has 1 N–H and O–H groups in total. The highest BCUT2D eigenvalue weighted by Crippen LogP contribution is 2.35. The molecule has 2 aromatic rings. The van der Waals surface area contributed by atoms with E-state index in [0.717, 1.165) is 23.6 Å². The minimum atomic E-state index is -0.226. The van der Waals surface area contributed by atoms with Crippen LogP contribution < -0.4 is 5.32 Å². The Morgan fingerprint density at radius 1 is 1.43 bits per heavy atom. The van der Waals surface area contributed by atoms with Crippen LogP contribution in [0.2, 0.25) is 5.02 Å². The second-order valence-electron chi connectivity index (χ2n) is 5.01. The van der Waals surface area contributed by atoms with Crippen LogP contribution in [-0.2, 0) is 22.4 Å². The first-order valence-electron chi connectivity index (χ1n) is 6.95. The van der Waals surface area contributed by atoms with E-state index in [4.69, 9.17) is 16.3 Å². The van der Waals surface area contributed by atoms with Gasteiger partial charge in [0.05, 0.1) is 6.61 Å². The maximum Gasteiger partial charge on any atom is 0.328 e. The van der Waals surface area contributed by atoms with Crippen molar-refractivity contribution in [2.75, 3.05) is 11.9 Å². The molecule has 2 heterocycles. The van der Waals surface area contributed by atoms with Gasteiger partial charge >= 0.3 is 5.97 Å². The summed E-state index contributed by atoms with van der Waals surface area (Å²) in [5.74, 6) is -0.167. The molecule has 0 spiro atoms. The first-order valence-corrected chi connectivity index (χ1v) is 8.14. The number of ether oxygens (including phenoxy) is 1. The fourth-order valence-corrected chi connectivity index (χ4v) is 3.79. The number of benzene rings is 1. The Balaban J connectivity index is 1.67. The fraction of sp³-hybridized carbons (Fsp3) is 0.312. The van der Waals surface area contributed by atoms with Crippen molar-refractivity contribution < 1.29 is 9.53 Å². The number of thiophene rings is 1. The van der Waals surface area contributed by atoms with Gasteiger partial charge in [-0.3, -0.25) is 0 Å². The first-order chi connectivity index (χ1) is 10.2. The van der Waals surface area contributed by atoms with E-state index in [0.29, 0.717) is 6.61 Å². The summed E-state index contributed by atoms with van der Waals surface area (Å²) in [6, 6.07) is 9.81. The van der Waals surface area contributed by atoms with Gasteiger partial charge in [0.2, 0.25) is 0 Å². The van der Waals surface area contributed by atoms with Gasteiger partial charge in [-0.05, 0) is 30.7 Å². The molecule has 110 valence electrons. The quantitative estimate of drug-likeness (QED) is 0.868. The number of carbonyl (C=O) groups is 1. The molecule has 1 aromatic heterocycles. The molecule has 1 aliphatic heterocycles. The molecule has 0 bridgehead atoms. The monoisotopic (exact) mass is 321 g/mol. The number of anilines is 1. The van der Waals surface area contributed by atoms with Crippen molar-refractivity contribution in [2.45, 2.75) is 25.8 Å². The largest absolute Gasteiger partial charge is 0.464 e. The van der Waals surface area contributed by atoms with Crippen molar-refractivity contribution in [1.82, 2.24) is 0 Å². The zero-order valence-corrected chi connectivity index (χ0v) is 13.3. The van der Waals surface area contributed by atoms with Crippen LogP contribution in [0.1, 0.15) is 22.2 Å². The molecular formula is C16H16ClNO2S. The molecule has 0 radical (unpaired) electrons. The second-order valence-corrected chi connectivity index (χ2v) is 6.66. The lowest BCUT2D eigenvalue weighted by Crippen LogP contribution is -2.29. The van der Waals surface area contributed by atoms with Crippen molar-refractivity contribution in [1.29, 1.82) is 0 Å². The first kappa shape index (κ1) is 14.4. The zero-order chi connectivity index (χ0) is 14.8. The molecule has 1 atom stereocenters. The van der Waals surface area contributed by atoms with Crippen molar-refractivity contribution in [3.8, 4) is 0 Å². The molecule has 0 amide bonds. The Morgan fingerprint density at radius 2 is 2.19 bits per heavy atom. The van der Waals surface area contributed by atoms with E-state index >= 15 is 0 Å². The molecule has 3 rings (SSSR count). The van der Waals surface area contributed by atoms with Gasteiger partial charge in [0.15, 0.2) is 0 Å². The summed E-state index contributed by atoms with van der Waals surface area (Å²) in [7, 11) is 0. The van der Waals surface area contributed by atoms with Crippen molar-refractivity contribution in [3.63, 3.8) is 0 Å². The third-order valence-corrected chi connectivity index (χ3v) is 4.85. The molecule has 1 aromatic carbocycles. The van der Waals surface area contributed by atoms with E-state index in [9.17, 15) is 4.79 Å². The summed E-state index contributed by atoms with van der Waals surface area (Å²) in [5.41, 5.74) is 2.31. The summed E-state index contributed by atoms with van der Waals surface area (Å²) in [6.07, 6.45) is 1.61. The number of fused-ring (bicyclic) bond motifs is 1. The van der Waals surface area contributed by atoms with Crippen LogP contribution in [-0.4, -0.2) is 18.6 Å². The van der Waals surface area contributed by atoms with Crippen molar-refractivity contribution in [3.05, 3.63) is 50.7 Å². The molecule has 3 nitrogen and oxygen atoms in total. The van der Waals surface area contributed by atoms with Crippen LogP contribution in [0.25, 0.3) is 0 Å². The van der Waals surface area contributed by atoms with E-state index < -0.39 is 0 Å². The minimum Gasteiger partial charge on any atom is -0.464 e. The lowest BCUT2D eigenvalue weighted by atomic mass is 10.1. The molecule has 0 saturated heterocycles. The molecule has 0 aliphatic carbocycles. The van der Waals surface area contributed by atoms with Gasteiger partial charge in [0.1, 0.15) is 6.04 Å².